The van der Waals surface area contributed by atoms with Crippen LogP contribution < -0.4 is 16.4 Å². The molecule has 0 unspecified atom stereocenters. The minimum absolute atomic E-state index is 0.104. The molecule has 0 saturated heterocycles. The van der Waals surface area contributed by atoms with Crippen molar-refractivity contribution in [3.63, 3.8) is 0 Å². The molecule has 5 nitrogen and oxygen atoms in total. The first kappa shape index (κ1) is 18.8. The molecule has 0 spiro atoms. The zero-order chi connectivity index (χ0) is 20.4. The first-order valence-corrected chi connectivity index (χ1v) is 9.24. The molecule has 0 radical (unpaired) electrons. The summed E-state index contributed by atoms with van der Waals surface area (Å²) in [7, 11) is 0. The Morgan fingerprint density at radius 3 is 2.72 bits per heavy atom. The van der Waals surface area contributed by atoms with E-state index in [0.717, 1.165) is 22.7 Å². The molecule has 0 fully saturated rings. The molecule has 146 valence electrons. The topological polar surface area (TPSA) is 80.3 Å². The van der Waals surface area contributed by atoms with Crippen molar-refractivity contribution in [2.24, 2.45) is 0 Å². The normalized spacial score (nSPS) is 10.8. The van der Waals surface area contributed by atoms with E-state index in [1.54, 1.807) is 12.1 Å². The van der Waals surface area contributed by atoms with Crippen molar-refractivity contribution in [2.75, 3.05) is 16.4 Å². The molecule has 4 N–H and O–H groups in total. The maximum absolute atomic E-state index is 13.4. The summed E-state index contributed by atoms with van der Waals surface area (Å²) in [6.45, 7) is 0.565. The minimum Gasteiger partial charge on any atom is -0.451 e. The molecule has 0 aliphatic heterocycles. The molecule has 0 saturated carbocycles. The molecule has 0 atom stereocenters. The zero-order valence-electron chi connectivity index (χ0n) is 15.2. The number of anilines is 3. The second-order valence-corrected chi connectivity index (χ2v) is 6.90. The van der Waals surface area contributed by atoms with E-state index in [1.807, 2.05) is 36.4 Å². The molecule has 1 amide bonds. The summed E-state index contributed by atoms with van der Waals surface area (Å²) in [5.74, 6) is -0.899. The van der Waals surface area contributed by atoms with E-state index < -0.39 is 11.7 Å². The van der Waals surface area contributed by atoms with Gasteiger partial charge in [-0.2, -0.15) is 0 Å². The van der Waals surface area contributed by atoms with Gasteiger partial charge in [0.25, 0.3) is 5.91 Å². The van der Waals surface area contributed by atoms with Crippen LogP contribution in [-0.4, -0.2) is 5.91 Å². The highest BCUT2D eigenvalue weighted by Gasteiger charge is 2.14. The SMILES string of the molecule is Nc1ccc(F)cc1NC(=O)c1cc2cc(NCc3ccccc3Cl)ccc2o1. The largest absolute Gasteiger partial charge is 0.451 e. The number of carbonyl (C=O) groups excluding carboxylic acids is 1. The summed E-state index contributed by atoms with van der Waals surface area (Å²) in [6, 6.07) is 18.5. The quantitative estimate of drug-likeness (QED) is 0.371. The van der Waals surface area contributed by atoms with E-state index in [-0.39, 0.29) is 17.1 Å². The van der Waals surface area contributed by atoms with Gasteiger partial charge >= 0.3 is 0 Å². The lowest BCUT2D eigenvalue weighted by Crippen LogP contribution is -2.12. The Balaban J connectivity index is 1.51. The molecule has 3 aromatic carbocycles. The summed E-state index contributed by atoms with van der Waals surface area (Å²) in [5.41, 5.74) is 8.63. The van der Waals surface area contributed by atoms with Gasteiger partial charge < -0.3 is 20.8 Å². The van der Waals surface area contributed by atoms with Crippen LogP contribution in [0.15, 0.2) is 71.1 Å². The zero-order valence-corrected chi connectivity index (χ0v) is 16.0. The van der Waals surface area contributed by atoms with Crippen LogP contribution in [0.3, 0.4) is 0 Å². The number of hydrogen-bond acceptors (Lipinski definition) is 4. The number of fused-ring (bicyclic) bond motifs is 1. The molecule has 7 heteroatoms. The number of carbonyl (C=O) groups is 1. The smallest absolute Gasteiger partial charge is 0.291 e. The van der Waals surface area contributed by atoms with Crippen molar-refractivity contribution in [1.29, 1.82) is 0 Å². The maximum atomic E-state index is 13.4. The fraction of sp³-hybridized carbons (Fsp3) is 0.0455. The van der Waals surface area contributed by atoms with Gasteiger partial charge in [0, 0.05) is 22.6 Å². The third kappa shape index (κ3) is 4.17. The predicted octanol–water partition coefficient (Wildman–Crippen LogP) is 5.67. The number of nitrogens with two attached hydrogens (primary N) is 1. The molecule has 29 heavy (non-hydrogen) atoms. The van der Waals surface area contributed by atoms with Gasteiger partial charge in [-0.25, -0.2) is 4.39 Å². The van der Waals surface area contributed by atoms with Crippen molar-refractivity contribution < 1.29 is 13.6 Å². The van der Waals surface area contributed by atoms with Crippen molar-refractivity contribution in [1.82, 2.24) is 0 Å². The second-order valence-electron chi connectivity index (χ2n) is 6.49. The fourth-order valence-electron chi connectivity index (χ4n) is 2.92. The number of amides is 1. The number of rotatable bonds is 5. The number of halogens is 2. The lowest BCUT2D eigenvalue weighted by molar-refractivity contribution is 0.0999. The third-order valence-corrected chi connectivity index (χ3v) is 4.81. The lowest BCUT2D eigenvalue weighted by Gasteiger charge is -2.07. The highest BCUT2D eigenvalue weighted by molar-refractivity contribution is 6.31. The van der Waals surface area contributed by atoms with Gasteiger partial charge in [0.1, 0.15) is 11.4 Å². The van der Waals surface area contributed by atoms with Crippen LogP contribution in [0.2, 0.25) is 5.02 Å². The van der Waals surface area contributed by atoms with Crippen LogP contribution in [0.5, 0.6) is 0 Å². The number of benzene rings is 3. The maximum Gasteiger partial charge on any atom is 0.291 e. The van der Waals surface area contributed by atoms with E-state index in [4.69, 9.17) is 21.8 Å². The first-order chi connectivity index (χ1) is 14.0. The Hall–Kier alpha value is -3.51. The average molecular weight is 410 g/mol. The second kappa shape index (κ2) is 7.85. The highest BCUT2D eigenvalue weighted by Crippen LogP contribution is 2.26. The number of nitrogen functional groups attached to an aromatic ring is 1. The van der Waals surface area contributed by atoms with Crippen LogP contribution >= 0.6 is 11.6 Å². The minimum atomic E-state index is -0.510. The monoisotopic (exact) mass is 409 g/mol. The van der Waals surface area contributed by atoms with E-state index in [0.29, 0.717) is 17.2 Å². The van der Waals surface area contributed by atoms with E-state index in [1.165, 1.54) is 12.1 Å². The van der Waals surface area contributed by atoms with E-state index >= 15 is 0 Å². The van der Waals surface area contributed by atoms with Gasteiger partial charge in [-0.3, -0.25) is 4.79 Å². The number of hydrogen-bond donors (Lipinski definition) is 3. The summed E-state index contributed by atoms with van der Waals surface area (Å²) in [6.07, 6.45) is 0. The van der Waals surface area contributed by atoms with Crippen LogP contribution in [0.1, 0.15) is 16.1 Å². The molecule has 0 bridgehead atoms. The lowest BCUT2D eigenvalue weighted by atomic mass is 10.2. The molecule has 4 rings (SSSR count). The van der Waals surface area contributed by atoms with Gasteiger partial charge in [-0.15, -0.1) is 0 Å². The number of nitrogens with one attached hydrogen (secondary N) is 2. The van der Waals surface area contributed by atoms with Crippen molar-refractivity contribution in [3.05, 3.63) is 88.9 Å². The summed E-state index contributed by atoms with van der Waals surface area (Å²) < 4.78 is 19.0. The summed E-state index contributed by atoms with van der Waals surface area (Å²) >= 11 is 6.18. The molecular formula is C22H17ClFN3O2. The van der Waals surface area contributed by atoms with Crippen LogP contribution in [0, 0.1) is 5.82 Å². The molecular weight excluding hydrogens is 393 g/mol. The Bertz CT molecular complexity index is 1210. The van der Waals surface area contributed by atoms with Gasteiger partial charge in [-0.05, 0) is 54.1 Å². The molecule has 0 aliphatic carbocycles. The Morgan fingerprint density at radius 1 is 1.07 bits per heavy atom. The molecule has 1 aromatic heterocycles. The van der Waals surface area contributed by atoms with Crippen LogP contribution in [0.25, 0.3) is 11.0 Å². The van der Waals surface area contributed by atoms with E-state index in [2.05, 4.69) is 10.6 Å². The third-order valence-electron chi connectivity index (χ3n) is 4.44. The summed E-state index contributed by atoms with van der Waals surface area (Å²) in [4.78, 5) is 12.5. The number of furan rings is 1. The van der Waals surface area contributed by atoms with Crippen LogP contribution in [0.4, 0.5) is 21.5 Å². The fourth-order valence-corrected chi connectivity index (χ4v) is 3.13. The highest BCUT2D eigenvalue weighted by atomic mass is 35.5. The van der Waals surface area contributed by atoms with Crippen molar-refractivity contribution in [2.45, 2.75) is 6.54 Å². The van der Waals surface area contributed by atoms with Gasteiger partial charge in [0.05, 0.1) is 11.4 Å². The molecule has 0 aliphatic rings. The Morgan fingerprint density at radius 2 is 1.90 bits per heavy atom. The van der Waals surface area contributed by atoms with E-state index in [9.17, 15) is 9.18 Å². The predicted molar refractivity (Wildman–Crippen MR) is 114 cm³/mol. The Labute approximate surface area is 171 Å². The van der Waals surface area contributed by atoms with Gasteiger partial charge in [0.15, 0.2) is 5.76 Å². The summed E-state index contributed by atoms with van der Waals surface area (Å²) in [5, 5.41) is 7.32. The molecule has 4 aromatic rings. The van der Waals surface area contributed by atoms with Crippen molar-refractivity contribution in [3.8, 4) is 0 Å². The van der Waals surface area contributed by atoms with Crippen molar-refractivity contribution >= 4 is 45.5 Å². The van der Waals surface area contributed by atoms with Gasteiger partial charge in [0.2, 0.25) is 0 Å². The average Bonchev–Trinajstić information content (AvgIpc) is 3.14. The van der Waals surface area contributed by atoms with Crippen LogP contribution in [-0.2, 0) is 6.54 Å². The first-order valence-electron chi connectivity index (χ1n) is 8.87. The van der Waals surface area contributed by atoms with Gasteiger partial charge in [-0.1, -0.05) is 29.8 Å². The molecule has 1 heterocycles. The standard InChI is InChI=1S/C22H17ClFN3O2/c23-17-4-2-1-3-13(17)12-26-16-6-8-20-14(9-16)10-21(29-20)22(28)27-19-11-15(24)5-7-18(19)25/h1-11,26H,12,25H2,(H,27,28). The Kier molecular flexibility index (Phi) is 5.10.